The number of amides is 2. The summed E-state index contributed by atoms with van der Waals surface area (Å²) < 4.78 is 5.53. The maximum atomic E-state index is 12.8. The molecule has 0 aliphatic heterocycles. The van der Waals surface area contributed by atoms with Crippen molar-refractivity contribution in [2.24, 2.45) is 0 Å². The molecule has 0 saturated heterocycles. The Hall–Kier alpha value is -3.40. The summed E-state index contributed by atoms with van der Waals surface area (Å²) in [6.45, 7) is 16.3. The summed E-state index contributed by atoms with van der Waals surface area (Å²) in [4.78, 5) is 29.2. The van der Waals surface area contributed by atoms with Gasteiger partial charge >= 0.3 is 6.03 Å². The molecule has 0 aliphatic rings. The lowest BCUT2D eigenvalue weighted by molar-refractivity contribution is 0.243. The number of aromatic nitrogens is 3. The van der Waals surface area contributed by atoms with Crippen LogP contribution in [-0.2, 0) is 0 Å². The van der Waals surface area contributed by atoms with E-state index in [1.807, 2.05) is 39.0 Å². The smallest absolute Gasteiger partial charge is 0.320 e. The van der Waals surface area contributed by atoms with Gasteiger partial charge in [0, 0.05) is 29.2 Å². The van der Waals surface area contributed by atoms with Crippen LogP contribution in [0.5, 0.6) is 5.75 Å². The van der Waals surface area contributed by atoms with E-state index < -0.39 is 5.54 Å². The van der Waals surface area contributed by atoms with Crippen molar-refractivity contribution >= 4 is 41.6 Å². The number of urea groups is 1. The lowest BCUT2D eigenvalue weighted by Gasteiger charge is -2.21. The average molecular weight is 520 g/mol. The lowest BCUT2D eigenvalue weighted by atomic mass is 9.72. The molecular weight excluding hydrogens is 477 g/mol. The highest BCUT2D eigenvalue weighted by Crippen LogP contribution is 2.31. The molecule has 3 aromatic rings. The third-order valence-corrected chi connectivity index (χ3v) is 6.29. The Morgan fingerprint density at radius 3 is 2.50 bits per heavy atom. The first-order chi connectivity index (χ1) is 18.1. The Morgan fingerprint density at radius 2 is 1.84 bits per heavy atom. The molecule has 0 spiro atoms. The van der Waals surface area contributed by atoms with Gasteiger partial charge in [0.05, 0.1) is 7.11 Å². The number of hydrogen-bond donors (Lipinski definition) is 3. The largest absolute Gasteiger partial charge is 0.497 e. The number of ether oxygens (including phenoxy) is 1. The number of methoxy groups -OCH3 is 1. The molecule has 0 aliphatic carbocycles. The van der Waals surface area contributed by atoms with Gasteiger partial charge in [0.15, 0.2) is 12.9 Å². The van der Waals surface area contributed by atoms with Crippen LogP contribution in [0, 0.1) is 0 Å². The Labute approximate surface area is 227 Å². The summed E-state index contributed by atoms with van der Waals surface area (Å²) in [5, 5.41) is 9.99. The van der Waals surface area contributed by atoms with Gasteiger partial charge in [-0.25, -0.2) is 14.8 Å². The van der Waals surface area contributed by atoms with Crippen molar-refractivity contribution in [3.63, 3.8) is 0 Å². The molecule has 0 saturated carbocycles. The van der Waals surface area contributed by atoms with Gasteiger partial charge < -0.3 is 20.3 Å². The second kappa shape index (κ2) is 13.4. The minimum absolute atomic E-state index is 0.329. The highest BCUT2D eigenvalue weighted by molar-refractivity contribution is 6.52. The van der Waals surface area contributed by atoms with Crippen LogP contribution in [0.25, 0.3) is 22.2 Å². The summed E-state index contributed by atoms with van der Waals surface area (Å²) in [6, 6.07) is 7.69. The van der Waals surface area contributed by atoms with Gasteiger partial charge in [-0.2, -0.15) is 4.98 Å². The zero-order valence-electron chi connectivity index (χ0n) is 23.9. The van der Waals surface area contributed by atoms with E-state index in [1.165, 1.54) is 0 Å². The van der Waals surface area contributed by atoms with E-state index in [0.29, 0.717) is 17.4 Å². The van der Waals surface area contributed by atoms with Crippen molar-refractivity contribution in [2.45, 2.75) is 59.8 Å². The molecule has 3 N–H and O–H groups in total. The van der Waals surface area contributed by atoms with Crippen molar-refractivity contribution in [1.29, 1.82) is 0 Å². The normalized spacial score (nSPS) is 11.5. The zero-order chi connectivity index (χ0) is 27.7. The number of pyridine rings is 1. The number of hydrogen-bond acceptors (Lipinski definition) is 7. The Bertz CT molecular complexity index is 1200. The monoisotopic (exact) mass is 519 g/mol. The fourth-order valence-electron chi connectivity index (χ4n) is 4.18. The number of benzene rings is 1. The van der Waals surface area contributed by atoms with E-state index in [1.54, 1.807) is 13.3 Å². The van der Waals surface area contributed by atoms with E-state index in [0.717, 1.165) is 74.0 Å². The third-order valence-electron chi connectivity index (χ3n) is 6.29. The first-order valence-electron chi connectivity index (χ1n) is 13.6. The molecule has 2 amide bonds. The highest BCUT2D eigenvalue weighted by Gasteiger charge is 2.18. The number of unbranched alkanes of at least 4 members (excludes halogenated alkanes) is 1. The topological polar surface area (TPSA) is 104 Å². The Kier molecular flexibility index (Phi) is 10.3. The van der Waals surface area contributed by atoms with Crippen molar-refractivity contribution in [3.8, 4) is 16.9 Å². The van der Waals surface area contributed by atoms with Crippen molar-refractivity contribution in [2.75, 3.05) is 43.9 Å². The molecule has 2 aromatic heterocycles. The molecule has 204 valence electrons. The van der Waals surface area contributed by atoms with Crippen LogP contribution in [0.1, 0.15) is 47.5 Å². The highest BCUT2D eigenvalue weighted by atomic mass is 16.5. The number of nitrogens with one attached hydrogen (secondary N) is 3. The van der Waals surface area contributed by atoms with Crippen LogP contribution in [-0.4, -0.2) is 72.0 Å². The molecule has 38 heavy (non-hydrogen) atoms. The van der Waals surface area contributed by atoms with E-state index >= 15 is 0 Å². The molecule has 0 unspecified atom stereocenters. The SMILES string of the molecule is CBc1cc(OC)cc(-c2cc3cnc(NCCCCN(CC)CC)nc3nc2NC(=O)NC(C)(C)C)c1. The minimum atomic E-state index is -0.392. The Balaban J connectivity index is 1.90. The van der Waals surface area contributed by atoms with Crippen molar-refractivity contribution < 1.29 is 9.53 Å². The summed E-state index contributed by atoms with van der Waals surface area (Å²) in [5.74, 6) is 1.71. The second-order valence-corrected chi connectivity index (χ2v) is 10.4. The van der Waals surface area contributed by atoms with Gasteiger partial charge in [-0.3, -0.25) is 5.32 Å². The molecule has 1 aromatic carbocycles. The molecule has 0 radical (unpaired) electrons. The van der Waals surface area contributed by atoms with Gasteiger partial charge in [-0.1, -0.05) is 32.2 Å². The molecule has 3 rings (SSSR count). The number of nitrogens with zero attached hydrogens (tertiary/aromatic N) is 4. The first kappa shape index (κ1) is 29.2. The average Bonchev–Trinajstić information content (AvgIpc) is 2.88. The van der Waals surface area contributed by atoms with Crippen LogP contribution >= 0.6 is 0 Å². The second-order valence-electron chi connectivity index (χ2n) is 10.4. The Morgan fingerprint density at radius 1 is 1.08 bits per heavy atom. The standard InChI is InChI=1S/C28H42BN7O2/c1-8-36(9-2)13-11-10-12-30-26-31-18-20-16-23(19-14-21(29-6)17-22(15-19)38-7)25(32-24(20)33-26)34-27(37)35-28(3,4)5/h14-18,29H,8-13H2,1-7H3,(H3,30,31,32,33,34,35,37). The number of anilines is 2. The van der Waals surface area contributed by atoms with E-state index in [2.05, 4.69) is 57.6 Å². The summed E-state index contributed by atoms with van der Waals surface area (Å²) in [5.41, 5.74) is 2.92. The van der Waals surface area contributed by atoms with Crippen molar-refractivity contribution in [3.05, 3.63) is 30.5 Å². The van der Waals surface area contributed by atoms with Crippen molar-refractivity contribution in [1.82, 2.24) is 25.2 Å². The number of fused-ring (bicyclic) bond motifs is 1. The van der Waals surface area contributed by atoms with Gasteiger partial charge in [0.1, 0.15) is 11.6 Å². The number of rotatable bonds is 12. The number of carbonyl (C=O) groups excluding carboxylic acids is 1. The van der Waals surface area contributed by atoms with Gasteiger partial charge in [-0.15, -0.1) is 0 Å². The quantitative estimate of drug-likeness (QED) is 0.243. The van der Waals surface area contributed by atoms with Gasteiger partial charge in [0.25, 0.3) is 0 Å². The molecule has 9 nitrogen and oxygen atoms in total. The van der Waals surface area contributed by atoms with Gasteiger partial charge in [-0.05, 0) is 77.0 Å². The molecule has 0 fully saturated rings. The molecule has 10 heteroatoms. The predicted octanol–water partition coefficient (Wildman–Crippen LogP) is 4.26. The van der Waals surface area contributed by atoms with Crippen LogP contribution in [0.15, 0.2) is 30.5 Å². The fourth-order valence-corrected chi connectivity index (χ4v) is 4.18. The molecule has 0 atom stereocenters. The minimum Gasteiger partial charge on any atom is -0.497 e. The summed E-state index contributed by atoms with van der Waals surface area (Å²) in [7, 11) is 2.50. The van der Waals surface area contributed by atoms with Crippen LogP contribution in [0.4, 0.5) is 16.6 Å². The van der Waals surface area contributed by atoms with Gasteiger partial charge in [0.2, 0.25) is 5.95 Å². The van der Waals surface area contributed by atoms with Crippen LogP contribution in [0.3, 0.4) is 0 Å². The van der Waals surface area contributed by atoms with E-state index in [-0.39, 0.29) is 6.03 Å². The number of carbonyl (C=O) groups is 1. The molecule has 2 heterocycles. The molecular formula is C28H42BN7O2. The third kappa shape index (κ3) is 8.31. The maximum absolute atomic E-state index is 12.8. The zero-order valence-corrected chi connectivity index (χ0v) is 23.9. The maximum Gasteiger partial charge on any atom is 0.320 e. The first-order valence-corrected chi connectivity index (χ1v) is 13.6. The van der Waals surface area contributed by atoms with E-state index in [9.17, 15) is 4.79 Å². The lowest BCUT2D eigenvalue weighted by Crippen LogP contribution is -2.43. The summed E-state index contributed by atoms with van der Waals surface area (Å²) >= 11 is 0. The fraction of sp³-hybridized carbons (Fsp3) is 0.500. The van der Waals surface area contributed by atoms with Crippen LogP contribution < -0.4 is 26.2 Å². The predicted molar refractivity (Wildman–Crippen MR) is 159 cm³/mol. The summed E-state index contributed by atoms with van der Waals surface area (Å²) in [6.07, 6.45) is 3.91. The molecule has 0 bridgehead atoms. The van der Waals surface area contributed by atoms with Crippen LogP contribution in [0.2, 0.25) is 6.82 Å². The van der Waals surface area contributed by atoms with E-state index in [4.69, 9.17) is 9.72 Å².